The molecule has 3 aromatic carbocycles. The maximum absolute atomic E-state index is 13.4. The van der Waals surface area contributed by atoms with Crippen molar-refractivity contribution in [2.75, 3.05) is 33.8 Å². The van der Waals surface area contributed by atoms with Crippen LogP contribution >= 0.6 is 0 Å². The van der Waals surface area contributed by atoms with Crippen molar-refractivity contribution < 1.29 is 24.2 Å². The summed E-state index contributed by atoms with van der Waals surface area (Å²) in [5.41, 5.74) is 1.97. The van der Waals surface area contributed by atoms with Crippen molar-refractivity contribution in [3.8, 4) is 17.2 Å². The number of rotatable bonds is 10. The van der Waals surface area contributed by atoms with E-state index in [4.69, 9.17) is 9.47 Å². The third-order valence-corrected chi connectivity index (χ3v) is 6.52. The number of nitrogens with zero attached hydrogens (tertiary/aromatic N) is 2. The number of carbonyl (C=O) groups excluding carboxylic acids is 2. The van der Waals surface area contributed by atoms with Crippen LogP contribution in [0.4, 0.5) is 0 Å². The standard InChI is InChI=1S/C32H36N2O5/c1-21(2)20-38-25-14-15-27(22(3)18-25)30(35)28-29(34(17-16-33(4)5)32(37)31(28)36)23-10-9-13-26(19-23)39-24-11-7-6-8-12-24/h6-15,18-19,21,29,35H,16-17,20H2,1-5H3/t29-/m0/s1. The van der Waals surface area contributed by atoms with E-state index in [0.29, 0.717) is 54.0 Å². The molecule has 0 radical (unpaired) electrons. The van der Waals surface area contributed by atoms with Gasteiger partial charge in [-0.2, -0.15) is 0 Å². The zero-order valence-corrected chi connectivity index (χ0v) is 23.2. The number of aliphatic hydroxyl groups is 1. The molecule has 1 saturated heterocycles. The number of Topliss-reactive ketones (excluding diaryl/α,β-unsaturated/α-hetero) is 1. The molecule has 1 fully saturated rings. The molecule has 1 aliphatic rings. The molecule has 3 aromatic rings. The van der Waals surface area contributed by atoms with Gasteiger partial charge in [-0.25, -0.2) is 0 Å². The van der Waals surface area contributed by atoms with Crippen LogP contribution in [0.15, 0.2) is 78.4 Å². The molecule has 0 unspecified atom stereocenters. The van der Waals surface area contributed by atoms with E-state index in [1.54, 1.807) is 12.1 Å². The summed E-state index contributed by atoms with van der Waals surface area (Å²) in [5, 5.41) is 11.5. The molecule has 1 heterocycles. The average molecular weight is 529 g/mol. The summed E-state index contributed by atoms with van der Waals surface area (Å²) in [7, 11) is 3.82. The Kier molecular flexibility index (Phi) is 8.72. The molecular weight excluding hydrogens is 492 g/mol. The van der Waals surface area contributed by atoms with Gasteiger partial charge < -0.3 is 24.4 Å². The first-order valence-corrected chi connectivity index (χ1v) is 13.2. The van der Waals surface area contributed by atoms with E-state index in [9.17, 15) is 14.7 Å². The Morgan fingerprint density at radius 1 is 0.949 bits per heavy atom. The van der Waals surface area contributed by atoms with Crippen molar-refractivity contribution in [2.45, 2.75) is 26.8 Å². The fourth-order valence-corrected chi connectivity index (χ4v) is 4.54. The van der Waals surface area contributed by atoms with Gasteiger partial charge >= 0.3 is 0 Å². The number of ketones is 1. The molecule has 7 nitrogen and oxygen atoms in total. The fraction of sp³-hybridized carbons (Fsp3) is 0.312. The molecular formula is C32H36N2O5. The van der Waals surface area contributed by atoms with Gasteiger partial charge in [0, 0.05) is 18.7 Å². The van der Waals surface area contributed by atoms with Gasteiger partial charge in [0.25, 0.3) is 11.7 Å². The Balaban J connectivity index is 1.77. The van der Waals surface area contributed by atoms with Crippen LogP contribution in [0.5, 0.6) is 17.2 Å². The van der Waals surface area contributed by atoms with Crippen LogP contribution in [0.3, 0.4) is 0 Å². The van der Waals surface area contributed by atoms with Crippen LogP contribution in [0.1, 0.15) is 36.6 Å². The molecule has 204 valence electrons. The van der Waals surface area contributed by atoms with Gasteiger partial charge in [-0.1, -0.05) is 44.2 Å². The predicted molar refractivity (Wildman–Crippen MR) is 152 cm³/mol. The molecule has 1 amide bonds. The summed E-state index contributed by atoms with van der Waals surface area (Å²) in [6, 6.07) is 21.3. The number of likely N-dealkylation sites (tertiary alicyclic amines) is 1. The van der Waals surface area contributed by atoms with Crippen molar-refractivity contribution in [2.24, 2.45) is 5.92 Å². The minimum absolute atomic E-state index is 0.0644. The minimum Gasteiger partial charge on any atom is -0.507 e. The summed E-state index contributed by atoms with van der Waals surface area (Å²) in [6.07, 6.45) is 0. The van der Waals surface area contributed by atoms with E-state index in [2.05, 4.69) is 13.8 Å². The number of amides is 1. The van der Waals surface area contributed by atoms with Crippen molar-refractivity contribution >= 4 is 17.4 Å². The maximum atomic E-state index is 13.4. The maximum Gasteiger partial charge on any atom is 0.295 e. The highest BCUT2D eigenvalue weighted by atomic mass is 16.5. The lowest BCUT2D eigenvalue weighted by Crippen LogP contribution is -2.35. The van der Waals surface area contributed by atoms with Crippen LogP contribution in [-0.4, -0.2) is 60.4 Å². The van der Waals surface area contributed by atoms with Gasteiger partial charge in [0.2, 0.25) is 0 Å². The number of likely N-dealkylation sites (N-methyl/N-ethyl adjacent to an activating group) is 1. The minimum atomic E-state index is -0.763. The van der Waals surface area contributed by atoms with Crippen LogP contribution in [0.25, 0.3) is 5.76 Å². The highest BCUT2D eigenvalue weighted by molar-refractivity contribution is 6.46. The normalized spacial score (nSPS) is 16.8. The number of aliphatic hydroxyl groups excluding tert-OH is 1. The summed E-state index contributed by atoms with van der Waals surface area (Å²) >= 11 is 0. The lowest BCUT2D eigenvalue weighted by molar-refractivity contribution is -0.140. The van der Waals surface area contributed by atoms with E-state index >= 15 is 0 Å². The summed E-state index contributed by atoms with van der Waals surface area (Å²) in [6.45, 7) is 7.45. The third-order valence-electron chi connectivity index (χ3n) is 6.52. The molecule has 0 bridgehead atoms. The van der Waals surface area contributed by atoms with E-state index in [0.717, 1.165) is 5.56 Å². The Hall–Kier alpha value is -4.10. The molecule has 39 heavy (non-hydrogen) atoms. The molecule has 7 heteroatoms. The monoisotopic (exact) mass is 528 g/mol. The molecule has 1 N–H and O–H groups in total. The van der Waals surface area contributed by atoms with Crippen LogP contribution in [0, 0.1) is 12.8 Å². The number of hydrogen-bond donors (Lipinski definition) is 1. The van der Waals surface area contributed by atoms with Crippen molar-refractivity contribution in [1.82, 2.24) is 9.80 Å². The molecule has 0 spiro atoms. The van der Waals surface area contributed by atoms with E-state index in [1.807, 2.05) is 86.6 Å². The highest BCUT2D eigenvalue weighted by Crippen LogP contribution is 2.41. The van der Waals surface area contributed by atoms with Crippen molar-refractivity contribution in [3.63, 3.8) is 0 Å². The Labute approximate surface area is 230 Å². The molecule has 0 aliphatic carbocycles. The van der Waals surface area contributed by atoms with Gasteiger partial charge in [0.05, 0.1) is 18.2 Å². The molecule has 1 aliphatic heterocycles. The number of aryl methyl sites for hydroxylation is 1. The Bertz CT molecular complexity index is 1360. The first-order chi connectivity index (χ1) is 18.7. The zero-order chi connectivity index (χ0) is 28.1. The van der Waals surface area contributed by atoms with Crippen molar-refractivity contribution in [1.29, 1.82) is 0 Å². The molecule has 4 rings (SSSR count). The lowest BCUT2D eigenvalue weighted by Gasteiger charge is -2.27. The first-order valence-electron chi connectivity index (χ1n) is 13.2. The van der Waals surface area contributed by atoms with Gasteiger partial charge in [-0.15, -0.1) is 0 Å². The van der Waals surface area contributed by atoms with Gasteiger partial charge in [0.15, 0.2) is 0 Å². The second-order valence-corrected chi connectivity index (χ2v) is 10.5. The van der Waals surface area contributed by atoms with Crippen molar-refractivity contribution in [3.05, 3.63) is 95.1 Å². The van der Waals surface area contributed by atoms with E-state index in [-0.39, 0.29) is 11.3 Å². The largest absolute Gasteiger partial charge is 0.507 e. The smallest absolute Gasteiger partial charge is 0.295 e. The number of para-hydroxylation sites is 1. The topological polar surface area (TPSA) is 79.3 Å². The summed E-state index contributed by atoms with van der Waals surface area (Å²) in [5.74, 6) is 0.765. The summed E-state index contributed by atoms with van der Waals surface area (Å²) < 4.78 is 11.9. The zero-order valence-electron chi connectivity index (χ0n) is 23.2. The van der Waals surface area contributed by atoms with E-state index in [1.165, 1.54) is 4.90 Å². The van der Waals surface area contributed by atoms with E-state index < -0.39 is 17.7 Å². The molecule has 1 atom stereocenters. The van der Waals surface area contributed by atoms with Crippen LogP contribution in [-0.2, 0) is 9.59 Å². The molecule has 0 aromatic heterocycles. The fourth-order valence-electron chi connectivity index (χ4n) is 4.54. The SMILES string of the molecule is Cc1cc(OCC(C)C)ccc1C(O)=C1C(=O)C(=O)N(CCN(C)C)[C@H]1c1cccc(Oc2ccccc2)c1. The van der Waals surface area contributed by atoms with Crippen LogP contribution < -0.4 is 9.47 Å². The number of hydrogen-bond acceptors (Lipinski definition) is 6. The third kappa shape index (κ3) is 6.49. The van der Waals surface area contributed by atoms with Crippen LogP contribution in [0.2, 0.25) is 0 Å². The van der Waals surface area contributed by atoms with Gasteiger partial charge in [-0.05, 0) is 80.5 Å². The highest BCUT2D eigenvalue weighted by Gasteiger charge is 2.46. The Morgan fingerprint density at radius 3 is 2.33 bits per heavy atom. The second kappa shape index (κ2) is 12.2. The summed E-state index contributed by atoms with van der Waals surface area (Å²) in [4.78, 5) is 30.2. The molecule has 0 saturated carbocycles. The Morgan fingerprint density at radius 2 is 1.67 bits per heavy atom. The van der Waals surface area contributed by atoms with Gasteiger partial charge in [-0.3, -0.25) is 9.59 Å². The number of ether oxygens (including phenoxy) is 2. The second-order valence-electron chi connectivity index (χ2n) is 10.5. The lowest BCUT2D eigenvalue weighted by atomic mass is 9.93. The quantitative estimate of drug-likeness (QED) is 0.203. The number of benzene rings is 3. The number of carbonyl (C=O) groups is 2. The van der Waals surface area contributed by atoms with Gasteiger partial charge in [0.1, 0.15) is 23.0 Å². The predicted octanol–water partition coefficient (Wildman–Crippen LogP) is 5.81. The average Bonchev–Trinajstić information content (AvgIpc) is 3.16. The first kappa shape index (κ1) is 27.9.